The number of halogens is 1. The molecule has 0 saturated carbocycles. The number of amides is 1. The van der Waals surface area contributed by atoms with Crippen molar-refractivity contribution in [2.75, 3.05) is 0 Å². The Morgan fingerprint density at radius 1 is 1.00 bits per heavy atom. The number of aromatic nitrogens is 3. The van der Waals surface area contributed by atoms with Crippen molar-refractivity contribution in [2.45, 2.75) is 20.3 Å². The SMILES string of the molecule is CCc1ccc2c(c1-c1ccccc1)c(=O)c(C(=O)NOc1nccc3c1ccn3-c1cccc(F)c1)c(C)n2C. The monoisotopic (exact) mass is 546 g/mol. The maximum Gasteiger partial charge on any atom is 0.289 e. The molecule has 41 heavy (non-hydrogen) atoms. The molecule has 6 rings (SSSR count). The fourth-order valence-electron chi connectivity index (χ4n) is 5.40. The maximum absolute atomic E-state index is 14.0. The van der Waals surface area contributed by atoms with Crippen LogP contribution in [0.4, 0.5) is 4.39 Å². The summed E-state index contributed by atoms with van der Waals surface area (Å²) in [5, 5.41) is 1.10. The fourth-order valence-corrected chi connectivity index (χ4v) is 5.40. The number of fused-ring (bicyclic) bond motifs is 2. The first-order valence-electron chi connectivity index (χ1n) is 13.3. The number of benzene rings is 3. The van der Waals surface area contributed by atoms with Crippen molar-refractivity contribution >= 4 is 27.7 Å². The Morgan fingerprint density at radius 2 is 1.80 bits per heavy atom. The van der Waals surface area contributed by atoms with Gasteiger partial charge in [0.25, 0.3) is 11.8 Å². The summed E-state index contributed by atoms with van der Waals surface area (Å²) in [6.07, 6.45) is 4.04. The number of hydrogen-bond acceptors (Lipinski definition) is 4. The van der Waals surface area contributed by atoms with Gasteiger partial charge in [0.05, 0.1) is 21.8 Å². The zero-order chi connectivity index (χ0) is 28.7. The van der Waals surface area contributed by atoms with E-state index in [4.69, 9.17) is 4.84 Å². The summed E-state index contributed by atoms with van der Waals surface area (Å²) in [5.41, 5.74) is 7.43. The lowest BCUT2D eigenvalue weighted by Gasteiger charge is -2.18. The second-order valence-electron chi connectivity index (χ2n) is 9.81. The minimum Gasteiger partial charge on any atom is -0.358 e. The number of pyridine rings is 2. The van der Waals surface area contributed by atoms with E-state index in [1.165, 1.54) is 12.1 Å². The van der Waals surface area contributed by atoms with E-state index in [1.54, 1.807) is 48.1 Å². The molecule has 6 aromatic rings. The van der Waals surface area contributed by atoms with Crippen LogP contribution in [0.2, 0.25) is 0 Å². The average molecular weight is 547 g/mol. The van der Waals surface area contributed by atoms with Gasteiger partial charge in [-0.3, -0.25) is 9.59 Å². The second kappa shape index (κ2) is 10.4. The summed E-state index contributed by atoms with van der Waals surface area (Å²) in [4.78, 5) is 37.5. The van der Waals surface area contributed by atoms with E-state index in [-0.39, 0.29) is 22.7 Å². The Bertz CT molecular complexity index is 2010. The average Bonchev–Trinajstić information content (AvgIpc) is 3.43. The lowest BCUT2D eigenvalue weighted by Crippen LogP contribution is -2.34. The van der Waals surface area contributed by atoms with Crippen molar-refractivity contribution in [2.24, 2.45) is 7.05 Å². The van der Waals surface area contributed by atoms with Gasteiger partial charge in [-0.15, -0.1) is 0 Å². The highest BCUT2D eigenvalue weighted by molar-refractivity contribution is 6.03. The van der Waals surface area contributed by atoms with Gasteiger partial charge in [0.2, 0.25) is 5.43 Å². The van der Waals surface area contributed by atoms with E-state index in [0.717, 1.165) is 28.6 Å². The zero-order valence-electron chi connectivity index (χ0n) is 22.8. The lowest BCUT2D eigenvalue weighted by atomic mass is 9.92. The maximum atomic E-state index is 14.0. The van der Waals surface area contributed by atoms with E-state index in [9.17, 15) is 14.0 Å². The smallest absolute Gasteiger partial charge is 0.289 e. The molecule has 3 aromatic carbocycles. The molecule has 0 saturated heterocycles. The van der Waals surface area contributed by atoms with Crippen LogP contribution in [-0.2, 0) is 13.5 Å². The van der Waals surface area contributed by atoms with Crippen LogP contribution in [0.1, 0.15) is 28.5 Å². The van der Waals surface area contributed by atoms with Gasteiger partial charge in [0.15, 0.2) is 0 Å². The molecule has 7 nitrogen and oxygen atoms in total. The van der Waals surface area contributed by atoms with Crippen LogP contribution >= 0.6 is 0 Å². The van der Waals surface area contributed by atoms with Gasteiger partial charge in [0, 0.05) is 30.8 Å². The molecular weight excluding hydrogens is 519 g/mol. The molecule has 0 unspecified atom stereocenters. The minimum absolute atomic E-state index is 0.00469. The number of nitrogens with one attached hydrogen (secondary N) is 1. The first-order chi connectivity index (χ1) is 19.9. The number of nitrogens with zero attached hydrogens (tertiary/aromatic N) is 3. The first kappa shape index (κ1) is 26.0. The van der Waals surface area contributed by atoms with Crippen LogP contribution in [0, 0.1) is 12.7 Å². The Balaban J connectivity index is 1.40. The van der Waals surface area contributed by atoms with Gasteiger partial charge < -0.3 is 14.0 Å². The number of hydrogen-bond donors (Lipinski definition) is 1. The van der Waals surface area contributed by atoms with Crippen molar-refractivity contribution in [1.82, 2.24) is 19.6 Å². The van der Waals surface area contributed by atoms with Crippen LogP contribution in [0.25, 0.3) is 38.6 Å². The third-order valence-electron chi connectivity index (χ3n) is 7.53. The van der Waals surface area contributed by atoms with E-state index < -0.39 is 5.91 Å². The molecule has 1 N–H and O–H groups in total. The van der Waals surface area contributed by atoms with E-state index >= 15 is 0 Å². The summed E-state index contributed by atoms with van der Waals surface area (Å²) < 4.78 is 17.5. The molecule has 1 amide bonds. The highest BCUT2D eigenvalue weighted by Crippen LogP contribution is 2.32. The number of aryl methyl sites for hydroxylation is 2. The Hall–Kier alpha value is -5.24. The second-order valence-corrected chi connectivity index (χ2v) is 9.81. The fraction of sp³-hybridized carbons (Fsp3) is 0.121. The Kier molecular flexibility index (Phi) is 6.59. The first-order valence-corrected chi connectivity index (χ1v) is 13.3. The number of rotatable bonds is 6. The molecule has 0 atom stereocenters. The van der Waals surface area contributed by atoms with Crippen LogP contribution in [0.15, 0.2) is 96.1 Å². The number of carbonyl (C=O) groups excluding carboxylic acids is 1. The van der Waals surface area contributed by atoms with Gasteiger partial charge >= 0.3 is 0 Å². The molecule has 0 fully saturated rings. The van der Waals surface area contributed by atoms with Crippen molar-refractivity contribution in [3.05, 3.63) is 124 Å². The predicted molar refractivity (Wildman–Crippen MR) is 158 cm³/mol. The Morgan fingerprint density at radius 3 is 2.56 bits per heavy atom. The van der Waals surface area contributed by atoms with E-state index in [1.807, 2.05) is 61.0 Å². The molecule has 0 aliphatic carbocycles. The largest absolute Gasteiger partial charge is 0.358 e. The third-order valence-corrected chi connectivity index (χ3v) is 7.53. The molecule has 0 radical (unpaired) electrons. The quantitative estimate of drug-likeness (QED) is 0.250. The molecule has 0 spiro atoms. The molecule has 8 heteroatoms. The highest BCUT2D eigenvalue weighted by Gasteiger charge is 2.23. The highest BCUT2D eigenvalue weighted by atomic mass is 19.1. The van der Waals surface area contributed by atoms with E-state index in [0.29, 0.717) is 27.7 Å². The van der Waals surface area contributed by atoms with Gasteiger partial charge in [-0.2, -0.15) is 5.48 Å². The number of hydroxylamine groups is 1. The van der Waals surface area contributed by atoms with Crippen LogP contribution in [-0.4, -0.2) is 20.0 Å². The van der Waals surface area contributed by atoms with Gasteiger partial charge in [-0.25, -0.2) is 9.37 Å². The molecule has 0 aliphatic rings. The predicted octanol–water partition coefficient (Wildman–Crippen LogP) is 6.28. The van der Waals surface area contributed by atoms with Crippen LogP contribution in [0.5, 0.6) is 5.88 Å². The molecule has 3 heterocycles. The molecule has 0 aliphatic heterocycles. The van der Waals surface area contributed by atoms with Crippen molar-refractivity contribution in [1.29, 1.82) is 0 Å². The summed E-state index contributed by atoms with van der Waals surface area (Å²) in [6.45, 7) is 3.78. The zero-order valence-corrected chi connectivity index (χ0v) is 22.8. The normalized spacial score (nSPS) is 11.2. The van der Waals surface area contributed by atoms with Gasteiger partial charge in [0.1, 0.15) is 11.4 Å². The van der Waals surface area contributed by atoms with E-state index in [2.05, 4.69) is 10.5 Å². The molecule has 0 bridgehead atoms. The number of carbonyl (C=O) groups is 1. The van der Waals surface area contributed by atoms with Crippen LogP contribution < -0.4 is 15.7 Å². The van der Waals surface area contributed by atoms with Crippen molar-refractivity contribution in [3.8, 4) is 22.7 Å². The summed E-state index contributed by atoms with van der Waals surface area (Å²) in [5.74, 6) is -0.871. The minimum atomic E-state index is -0.672. The van der Waals surface area contributed by atoms with Gasteiger partial charge in [-0.1, -0.05) is 49.4 Å². The van der Waals surface area contributed by atoms with Crippen molar-refractivity contribution in [3.63, 3.8) is 0 Å². The third kappa shape index (κ3) is 4.43. The van der Waals surface area contributed by atoms with Crippen LogP contribution in [0.3, 0.4) is 0 Å². The lowest BCUT2D eigenvalue weighted by molar-refractivity contribution is 0.0751. The Labute approximate surface area is 235 Å². The van der Waals surface area contributed by atoms with Crippen molar-refractivity contribution < 1.29 is 14.0 Å². The molecule has 204 valence electrons. The summed E-state index contributed by atoms with van der Waals surface area (Å²) in [6, 6.07) is 23.5. The molecular formula is C33H27FN4O3. The molecule has 3 aromatic heterocycles. The standard InChI is InChI=1S/C33H27FN4O3/c1-4-21-13-14-27-30(29(21)22-9-6-5-7-10-22)31(39)28(20(2)37(27)3)32(40)36-41-33-25-16-18-38(26(25)15-17-35-33)24-12-8-11-23(34)19-24/h5-19H,4H2,1-3H3,(H,36,40). The van der Waals surface area contributed by atoms with Gasteiger partial charge in [-0.05, 0) is 66.4 Å². The topological polar surface area (TPSA) is 78.2 Å². The summed E-state index contributed by atoms with van der Waals surface area (Å²) in [7, 11) is 1.84. The summed E-state index contributed by atoms with van der Waals surface area (Å²) >= 11 is 0.